The minimum absolute atomic E-state index is 0.331. The third-order valence-corrected chi connectivity index (χ3v) is 3.33. The fourth-order valence-corrected chi connectivity index (χ4v) is 2.26. The predicted molar refractivity (Wildman–Crippen MR) is 89.2 cm³/mol. The number of carbonyl (C=O) groups is 1. The maximum atomic E-state index is 10.7. The van der Waals surface area contributed by atoms with Gasteiger partial charge < -0.3 is 14.8 Å². The number of ether oxygens (including phenoxy) is 1. The summed E-state index contributed by atoms with van der Waals surface area (Å²) in [5.41, 5.74) is 2.54. The largest absolute Gasteiger partial charge is 0.481 e. The first-order valence-corrected chi connectivity index (χ1v) is 7.18. The van der Waals surface area contributed by atoms with Crippen molar-refractivity contribution in [2.45, 2.75) is 0 Å². The highest BCUT2D eigenvalue weighted by Gasteiger charge is 2.10. The Hall–Kier alpha value is -3.59. The molecule has 0 radical (unpaired) electrons. The second-order valence-corrected chi connectivity index (χ2v) is 4.99. The fourth-order valence-electron chi connectivity index (χ4n) is 2.26. The van der Waals surface area contributed by atoms with Crippen molar-refractivity contribution in [2.24, 2.45) is 0 Å². The molecule has 118 valence electrons. The van der Waals surface area contributed by atoms with Crippen molar-refractivity contribution >= 4 is 28.7 Å². The van der Waals surface area contributed by atoms with E-state index < -0.39 is 12.6 Å². The van der Waals surface area contributed by atoms with Crippen molar-refractivity contribution in [2.75, 3.05) is 6.61 Å². The number of nitrogens with zero attached hydrogens (tertiary/aromatic N) is 2. The lowest BCUT2D eigenvalue weighted by Crippen LogP contribution is -2.09. The van der Waals surface area contributed by atoms with Crippen LogP contribution in [0, 0.1) is 11.3 Å². The lowest BCUT2D eigenvalue weighted by Gasteiger charge is -2.07. The molecule has 1 aromatic heterocycles. The Morgan fingerprint density at radius 2 is 2.00 bits per heavy atom. The van der Waals surface area contributed by atoms with Gasteiger partial charge in [0.25, 0.3) is 0 Å². The van der Waals surface area contributed by atoms with Crippen LogP contribution in [0.5, 0.6) is 5.75 Å². The standard InChI is InChI=1S/C18H13N3O3/c19-10-13(18-20-14-6-2-3-7-15(14)21-18)9-12-5-1-4-8-16(12)24-11-17(22)23/h1-9H,11H2,(H,20,21)(H,22,23)/b13-9-. The first-order valence-electron chi connectivity index (χ1n) is 7.18. The molecule has 2 N–H and O–H groups in total. The van der Waals surface area contributed by atoms with Crippen molar-refractivity contribution in [3.63, 3.8) is 0 Å². The second-order valence-electron chi connectivity index (χ2n) is 4.99. The molecule has 0 saturated carbocycles. The van der Waals surface area contributed by atoms with Crippen LogP contribution in [0.2, 0.25) is 0 Å². The monoisotopic (exact) mass is 319 g/mol. The minimum Gasteiger partial charge on any atom is -0.481 e. The van der Waals surface area contributed by atoms with Crippen molar-refractivity contribution in [1.29, 1.82) is 5.26 Å². The molecular formula is C18H13N3O3. The molecule has 0 bridgehead atoms. The summed E-state index contributed by atoms with van der Waals surface area (Å²) in [7, 11) is 0. The van der Waals surface area contributed by atoms with Crippen LogP contribution in [0.4, 0.5) is 0 Å². The van der Waals surface area contributed by atoms with Gasteiger partial charge in [0.15, 0.2) is 6.61 Å². The number of H-pyrrole nitrogens is 1. The van der Waals surface area contributed by atoms with Crippen molar-refractivity contribution < 1.29 is 14.6 Å². The molecule has 3 aromatic rings. The van der Waals surface area contributed by atoms with Gasteiger partial charge in [0.2, 0.25) is 0 Å². The number of allylic oxidation sites excluding steroid dienone is 1. The third kappa shape index (κ3) is 3.25. The van der Waals surface area contributed by atoms with Gasteiger partial charge >= 0.3 is 5.97 Å². The van der Waals surface area contributed by atoms with Crippen LogP contribution < -0.4 is 4.74 Å². The smallest absolute Gasteiger partial charge is 0.341 e. The zero-order chi connectivity index (χ0) is 16.9. The Labute approximate surface area is 137 Å². The maximum Gasteiger partial charge on any atom is 0.341 e. The molecule has 24 heavy (non-hydrogen) atoms. The molecular weight excluding hydrogens is 306 g/mol. The molecule has 0 aliphatic carbocycles. The molecule has 0 saturated heterocycles. The number of carboxylic acid groups (broad SMARTS) is 1. The molecule has 0 unspecified atom stereocenters. The molecule has 0 spiro atoms. The quantitative estimate of drug-likeness (QED) is 0.704. The van der Waals surface area contributed by atoms with E-state index in [0.29, 0.717) is 22.7 Å². The van der Waals surface area contributed by atoms with Gasteiger partial charge in [-0.25, -0.2) is 9.78 Å². The molecule has 0 aliphatic rings. The van der Waals surface area contributed by atoms with Gasteiger partial charge in [-0.3, -0.25) is 0 Å². The first kappa shape index (κ1) is 15.3. The van der Waals surface area contributed by atoms with E-state index in [4.69, 9.17) is 9.84 Å². The number of carboxylic acids is 1. The number of hydrogen-bond donors (Lipinski definition) is 2. The first-order chi connectivity index (χ1) is 11.7. The van der Waals surface area contributed by atoms with E-state index in [1.54, 1.807) is 30.3 Å². The summed E-state index contributed by atoms with van der Waals surface area (Å²) in [6.07, 6.45) is 1.62. The summed E-state index contributed by atoms with van der Waals surface area (Å²) in [5.74, 6) is -0.220. The highest BCUT2D eigenvalue weighted by atomic mass is 16.5. The van der Waals surface area contributed by atoms with Gasteiger partial charge in [-0.05, 0) is 24.3 Å². The topological polar surface area (TPSA) is 99.0 Å². The highest BCUT2D eigenvalue weighted by molar-refractivity contribution is 5.91. The van der Waals surface area contributed by atoms with Gasteiger partial charge in [-0.1, -0.05) is 30.3 Å². The lowest BCUT2D eigenvalue weighted by atomic mass is 10.1. The molecule has 0 atom stereocenters. The van der Waals surface area contributed by atoms with Crippen LogP contribution in [0.15, 0.2) is 48.5 Å². The van der Waals surface area contributed by atoms with E-state index in [9.17, 15) is 10.1 Å². The van der Waals surface area contributed by atoms with Crippen molar-refractivity contribution in [3.8, 4) is 11.8 Å². The Balaban J connectivity index is 1.99. The van der Waals surface area contributed by atoms with Gasteiger partial charge in [0.05, 0.1) is 16.6 Å². The average molecular weight is 319 g/mol. The SMILES string of the molecule is N#C/C(=C/c1ccccc1OCC(=O)O)c1nc2ccccc2[nH]1. The normalized spacial score (nSPS) is 11.2. The Morgan fingerprint density at radius 1 is 1.25 bits per heavy atom. The van der Waals surface area contributed by atoms with E-state index in [1.165, 1.54) is 0 Å². The fraction of sp³-hybridized carbons (Fsp3) is 0.0556. The number of para-hydroxylation sites is 3. The number of rotatable bonds is 5. The second kappa shape index (κ2) is 6.67. The number of benzene rings is 2. The van der Waals surface area contributed by atoms with Crippen molar-refractivity contribution in [3.05, 3.63) is 59.9 Å². The molecule has 6 nitrogen and oxygen atoms in total. The van der Waals surface area contributed by atoms with Crippen LogP contribution in [0.3, 0.4) is 0 Å². The van der Waals surface area contributed by atoms with Gasteiger partial charge in [-0.15, -0.1) is 0 Å². The number of aliphatic carboxylic acids is 1. The summed E-state index contributed by atoms with van der Waals surface area (Å²) < 4.78 is 5.25. The number of fused-ring (bicyclic) bond motifs is 1. The molecule has 6 heteroatoms. The number of nitriles is 1. The maximum absolute atomic E-state index is 10.7. The van der Waals surface area contributed by atoms with E-state index in [1.807, 2.05) is 24.3 Å². The Kier molecular flexibility index (Phi) is 4.25. The van der Waals surface area contributed by atoms with E-state index in [0.717, 1.165) is 11.0 Å². The Bertz CT molecular complexity index is 934. The zero-order valence-electron chi connectivity index (χ0n) is 12.6. The molecule has 3 rings (SSSR count). The molecule has 0 amide bonds. The van der Waals surface area contributed by atoms with E-state index >= 15 is 0 Å². The molecule has 2 aromatic carbocycles. The molecule has 0 fully saturated rings. The minimum atomic E-state index is -1.06. The van der Waals surface area contributed by atoms with Gasteiger partial charge in [0.1, 0.15) is 17.6 Å². The third-order valence-electron chi connectivity index (χ3n) is 3.33. The van der Waals surface area contributed by atoms with Crippen LogP contribution in [0.25, 0.3) is 22.7 Å². The van der Waals surface area contributed by atoms with Crippen LogP contribution >= 0.6 is 0 Å². The highest BCUT2D eigenvalue weighted by Crippen LogP contribution is 2.24. The molecule has 0 aliphatic heterocycles. The molecule has 1 heterocycles. The summed E-state index contributed by atoms with van der Waals surface area (Å²) >= 11 is 0. The van der Waals surface area contributed by atoms with Crippen molar-refractivity contribution in [1.82, 2.24) is 9.97 Å². The summed E-state index contributed by atoms with van der Waals surface area (Å²) in [4.78, 5) is 18.2. The van der Waals surface area contributed by atoms with Gasteiger partial charge in [-0.2, -0.15) is 5.26 Å². The van der Waals surface area contributed by atoms with Crippen LogP contribution in [0.1, 0.15) is 11.4 Å². The van der Waals surface area contributed by atoms with Gasteiger partial charge in [0, 0.05) is 5.56 Å². The number of aromatic nitrogens is 2. The summed E-state index contributed by atoms with van der Waals surface area (Å²) in [6, 6.07) is 16.5. The average Bonchev–Trinajstić information content (AvgIpc) is 3.02. The number of aromatic amines is 1. The number of imidazole rings is 1. The van der Waals surface area contributed by atoms with E-state index in [-0.39, 0.29) is 0 Å². The van der Waals surface area contributed by atoms with Crippen LogP contribution in [-0.2, 0) is 4.79 Å². The predicted octanol–water partition coefficient (Wildman–Crippen LogP) is 3.09. The zero-order valence-corrected chi connectivity index (χ0v) is 12.6. The Morgan fingerprint density at radius 3 is 2.75 bits per heavy atom. The van der Waals surface area contributed by atoms with E-state index in [2.05, 4.69) is 16.0 Å². The number of hydrogen-bond acceptors (Lipinski definition) is 4. The lowest BCUT2D eigenvalue weighted by molar-refractivity contribution is -0.139. The van der Waals surface area contributed by atoms with Crippen LogP contribution in [-0.4, -0.2) is 27.7 Å². The summed E-state index contributed by atoms with van der Waals surface area (Å²) in [5, 5.41) is 18.2. The summed E-state index contributed by atoms with van der Waals surface area (Å²) in [6.45, 7) is -0.447. The number of nitrogens with one attached hydrogen (secondary N) is 1.